The third kappa shape index (κ3) is 5.56. The van der Waals surface area contributed by atoms with Crippen molar-refractivity contribution in [2.24, 2.45) is 0 Å². The van der Waals surface area contributed by atoms with Crippen LogP contribution in [0.15, 0.2) is 229 Å². The van der Waals surface area contributed by atoms with E-state index in [1.165, 1.54) is 63.9 Å². The topological polar surface area (TPSA) is 24.0 Å². The van der Waals surface area contributed by atoms with Crippen LogP contribution >= 0.6 is 11.3 Å². The molecule has 0 saturated heterocycles. The van der Waals surface area contributed by atoms with Gasteiger partial charge in [0.25, 0.3) is 0 Å². The summed E-state index contributed by atoms with van der Waals surface area (Å²) in [7, 11) is 0. The Morgan fingerprint density at radius 2 is 0.862 bits per heavy atom. The van der Waals surface area contributed by atoms with Gasteiger partial charge in [-0.15, -0.1) is 11.3 Å². The van der Waals surface area contributed by atoms with Gasteiger partial charge in [-0.1, -0.05) is 133 Å². The quantitative estimate of drug-likeness (QED) is 0.160. The number of benzene rings is 10. The number of rotatable bonds is 7. The average molecular weight is 848 g/mol. The molecular weight excluding hydrogens is 811 g/mol. The highest BCUT2D eigenvalue weighted by Crippen LogP contribution is 2.51. The van der Waals surface area contributed by atoms with Crippen LogP contribution in [0.25, 0.3) is 91.3 Å². The number of hydrogen-bond donors (Lipinski definition) is 0. The van der Waals surface area contributed by atoms with Crippen molar-refractivity contribution in [2.45, 2.75) is 0 Å². The molecule has 0 unspecified atom stereocenters. The van der Waals surface area contributed by atoms with E-state index in [9.17, 15) is 0 Å². The van der Waals surface area contributed by atoms with Crippen molar-refractivity contribution in [2.75, 3.05) is 9.80 Å². The lowest BCUT2D eigenvalue weighted by Gasteiger charge is -2.26. The lowest BCUT2D eigenvalue weighted by atomic mass is 10.00. The average Bonchev–Trinajstić information content (AvgIpc) is 4.10. The number of hydrogen-bond acceptors (Lipinski definition) is 4. The normalized spacial score (nSPS) is 12.0. The Morgan fingerprint density at radius 3 is 1.49 bits per heavy atom. The summed E-state index contributed by atoms with van der Waals surface area (Å²) in [5.74, 6) is 0. The van der Waals surface area contributed by atoms with E-state index in [-0.39, 0.29) is 0 Å². The Labute approximate surface area is 378 Å². The van der Waals surface area contributed by atoms with Crippen molar-refractivity contribution < 1.29 is 4.42 Å². The van der Waals surface area contributed by atoms with Crippen molar-refractivity contribution in [3.05, 3.63) is 224 Å². The first-order chi connectivity index (χ1) is 32.2. The van der Waals surface area contributed by atoms with E-state index >= 15 is 0 Å². The maximum Gasteiger partial charge on any atom is 0.161 e. The van der Waals surface area contributed by atoms with E-state index in [1.54, 1.807) is 0 Å². The van der Waals surface area contributed by atoms with Crippen LogP contribution < -0.4 is 9.80 Å². The largest absolute Gasteiger partial charge is 0.454 e. The molecule has 4 nitrogen and oxygen atoms in total. The van der Waals surface area contributed by atoms with Gasteiger partial charge in [-0.3, -0.25) is 4.40 Å². The molecule has 0 radical (unpaired) electrons. The molecule has 10 aromatic carbocycles. The van der Waals surface area contributed by atoms with Crippen molar-refractivity contribution in [1.82, 2.24) is 4.40 Å². The minimum absolute atomic E-state index is 0.859. The van der Waals surface area contributed by atoms with E-state index in [1.807, 2.05) is 11.3 Å². The monoisotopic (exact) mass is 847 g/mol. The minimum Gasteiger partial charge on any atom is -0.454 e. The Hall–Kier alpha value is -8.38. The summed E-state index contributed by atoms with van der Waals surface area (Å²) in [5, 5.41) is 10.9. The van der Waals surface area contributed by atoms with Gasteiger partial charge in [0.15, 0.2) is 5.58 Å². The standard InChI is InChI=1S/C60H37N3OS/c1-4-14-38(15-5-1)43-34-52-56-51-31-29-49(62(45-22-8-3-9-23-45)47-27-25-40-17-11-13-19-42(40)33-47)37-55(51)65-60(56)63-57(52)53(35-43)59-58(63)50-30-28-48(36-54(50)64-59)61(44-20-6-2-7-21-44)46-26-24-39-16-10-12-18-41(39)32-46/h1-37H. The lowest BCUT2D eigenvalue weighted by molar-refractivity contribution is 0.673. The van der Waals surface area contributed by atoms with Gasteiger partial charge >= 0.3 is 0 Å². The molecule has 14 rings (SSSR count). The van der Waals surface area contributed by atoms with E-state index < -0.39 is 0 Å². The molecule has 0 atom stereocenters. The predicted octanol–water partition coefficient (Wildman–Crippen LogP) is 17.7. The number of nitrogens with zero attached hydrogens (tertiary/aromatic N) is 3. The number of fused-ring (bicyclic) bond motifs is 12. The summed E-state index contributed by atoms with van der Waals surface area (Å²) in [4.78, 5) is 5.93. The molecule has 5 heteroatoms. The van der Waals surface area contributed by atoms with Crippen molar-refractivity contribution >= 4 is 126 Å². The summed E-state index contributed by atoms with van der Waals surface area (Å²) in [6, 6.07) is 81.1. The van der Waals surface area contributed by atoms with Crippen LogP contribution in [0.5, 0.6) is 0 Å². The van der Waals surface area contributed by atoms with Crippen molar-refractivity contribution in [1.29, 1.82) is 0 Å². The minimum atomic E-state index is 0.859. The second-order valence-corrected chi connectivity index (χ2v) is 18.0. The van der Waals surface area contributed by atoms with Crippen molar-refractivity contribution in [3.63, 3.8) is 0 Å². The third-order valence-electron chi connectivity index (χ3n) is 13.2. The molecule has 14 aromatic rings. The number of furan rings is 1. The second-order valence-electron chi connectivity index (χ2n) is 16.9. The van der Waals surface area contributed by atoms with E-state index in [0.717, 1.165) is 61.6 Å². The fourth-order valence-electron chi connectivity index (χ4n) is 10.3. The zero-order valence-corrected chi connectivity index (χ0v) is 35.8. The fourth-order valence-corrected chi connectivity index (χ4v) is 11.5. The molecule has 4 aromatic heterocycles. The molecule has 0 aliphatic carbocycles. The summed E-state index contributed by atoms with van der Waals surface area (Å²) >= 11 is 1.86. The maximum absolute atomic E-state index is 7.12. The van der Waals surface area contributed by atoms with Crippen LogP contribution in [-0.2, 0) is 0 Å². The zero-order chi connectivity index (χ0) is 42.6. The van der Waals surface area contributed by atoms with Gasteiger partial charge in [0.05, 0.1) is 5.52 Å². The highest BCUT2D eigenvalue weighted by atomic mass is 32.1. The Morgan fingerprint density at radius 1 is 0.354 bits per heavy atom. The van der Waals surface area contributed by atoms with Crippen LogP contribution in [0.3, 0.4) is 0 Å². The van der Waals surface area contributed by atoms with Crippen LogP contribution in [0.4, 0.5) is 34.1 Å². The molecule has 65 heavy (non-hydrogen) atoms. The summed E-state index contributed by atoms with van der Waals surface area (Å²) in [6.07, 6.45) is 0. The smallest absolute Gasteiger partial charge is 0.161 e. The Bertz CT molecular complexity index is 4130. The molecule has 0 N–H and O–H groups in total. The second kappa shape index (κ2) is 14.1. The van der Waals surface area contributed by atoms with Crippen LogP contribution in [0.2, 0.25) is 0 Å². The van der Waals surface area contributed by atoms with Gasteiger partial charge in [0.2, 0.25) is 0 Å². The van der Waals surface area contributed by atoms with Gasteiger partial charge < -0.3 is 14.2 Å². The summed E-state index contributed by atoms with van der Waals surface area (Å²) < 4.78 is 10.9. The van der Waals surface area contributed by atoms with Gasteiger partial charge in [-0.25, -0.2) is 0 Å². The highest BCUT2D eigenvalue weighted by Gasteiger charge is 2.27. The summed E-state index contributed by atoms with van der Waals surface area (Å²) in [6.45, 7) is 0. The van der Waals surface area contributed by atoms with Crippen LogP contribution in [0.1, 0.15) is 0 Å². The first kappa shape index (κ1) is 36.1. The Kier molecular flexibility index (Phi) is 7.82. The van der Waals surface area contributed by atoms with E-state index in [0.29, 0.717) is 0 Å². The maximum atomic E-state index is 7.12. The third-order valence-corrected chi connectivity index (χ3v) is 14.3. The zero-order valence-electron chi connectivity index (χ0n) is 35.0. The fraction of sp³-hybridized carbons (Fsp3) is 0. The molecule has 0 bridgehead atoms. The van der Waals surface area contributed by atoms with Gasteiger partial charge in [-0.2, -0.15) is 0 Å². The predicted molar refractivity (Wildman–Crippen MR) is 276 cm³/mol. The molecule has 0 aliphatic rings. The van der Waals surface area contributed by atoms with Crippen LogP contribution in [-0.4, -0.2) is 4.40 Å². The van der Waals surface area contributed by atoms with E-state index in [4.69, 9.17) is 4.42 Å². The van der Waals surface area contributed by atoms with Crippen molar-refractivity contribution in [3.8, 4) is 11.1 Å². The SMILES string of the molecule is c1ccc(-c2cc3c4oc5cc(N(c6ccccc6)c6ccc7ccccc7c6)ccc5c4n4c5sc6cc(N(c7ccccc7)c7ccc8ccccc8c7)ccc6c5c(c2)c34)cc1. The number of para-hydroxylation sites is 2. The molecule has 0 fully saturated rings. The number of thiophene rings is 1. The Balaban J connectivity index is 1.00. The lowest BCUT2D eigenvalue weighted by Crippen LogP contribution is -2.09. The number of anilines is 6. The first-order valence-electron chi connectivity index (χ1n) is 22.1. The highest BCUT2D eigenvalue weighted by molar-refractivity contribution is 7.25. The molecule has 0 spiro atoms. The van der Waals surface area contributed by atoms with E-state index in [2.05, 4.69) is 239 Å². The molecule has 0 amide bonds. The molecule has 0 saturated carbocycles. The number of aromatic nitrogens is 1. The first-order valence-corrected chi connectivity index (χ1v) is 22.9. The molecule has 0 aliphatic heterocycles. The van der Waals surface area contributed by atoms with Crippen LogP contribution in [0, 0.1) is 0 Å². The van der Waals surface area contributed by atoms with Gasteiger partial charge in [0, 0.05) is 71.8 Å². The van der Waals surface area contributed by atoms with Gasteiger partial charge in [-0.05, 0) is 118 Å². The molecule has 304 valence electrons. The molecular formula is C60H37N3OS. The van der Waals surface area contributed by atoms with Gasteiger partial charge in [0.1, 0.15) is 15.9 Å². The summed E-state index contributed by atoms with van der Waals surface area (Å²) in [5.41, 5.74) is 13.0. The molecule has 4 heterocycles.